The molecule has 2 N–H and O–H groups in total. The Kier molecular flexibility index (Phi) is 3.79. The van der Waals surface area contributed by atoms with Gasteiger partial charge in [-0.25, -0.2) is 14.8 Å². The third-order valence-electron chi connectivity index (χ3n) is 3.54. The van der Waals surface area contributed by atoms with Gasteiger partial charge < -0.3 is 10.5 Å². The molecule has 2 rings (SSSR count). The molecule has 0 amide bonds. The predicted molar refractivity (Wildman–Crippen MR) is 68.2 cm³/mol. The van der Waals surface area contributed by atoms with Crippen molar-refractivity contribution in [3.8, 4) is 0 Å². The number of nitrogens with zero attached hydrogens (tertiary/aromatic N) is 2. The monoisotopic (exact) mass is 249 g/mol. The third kappa shape index (κ3) is 2.60. The first-order valence-corrected chi connectivity index (χ1v) is 6.32. The standard InChI is InChI=1S/C13H19N3O2/c1-8-4-3-5-9(6-8)12-15-7-10(11(14)16-12)13(17)18-2/h7-9H,3-6H2,1-2H3,(H2,14,15,16). The maximum absolute atomic E-state index is 11.4. The Hall–Kier alpha value is -1.65. The van der Waals surface area contributed by atoms with Crippen molar-refractivity contribution in [3.63, 3.8) is 0 Å². The van der Waals surface area contributed by atoms with E-state index in [9.17, 15) is 4.79 Å². The maximum Gasteiger partial charge on any atom is 0.343 e. The largest absolute Gasteiger partial charge is 0.465 e. The molecule has 5 nitrogen and oxygen atoms in total. The fourth-order valence-electron chi connectivity index (χ4n) is 2.54. The second-order valence-electron chi connectivity index (χ2n) is 4.99. The fraction of sp³-hybridized carbons (Fsp3) is 0.615. The molecule has 18 heavy (non-hydrogen) atoms. The highest BCUT2D eigenvalue weighted by molar-refractivity contribution is 5.93. The number of nitrogens with two attached hydrogens (primary N) is 1. The molecule has 1 aliphatic rings. The molecular weight excluding hydrogens is 230 g/mol. The minimum absolute atomic E-state index is 0.213. The summed E-state index contributed by atoms with van der Waals surface area (Å²) in [5.74, 6) is 1.55. The van der Waals surface area contributed by atoms with Crippen LogP contribution in [0.3, 0.4) is 0 Å². The number of esters is 1. The number of methoxy groups -OCH3 is 1. The van der Waals surface area contributed by atoms with E-state index in [2.05, 4.69) is 21.6 Å². The van der Waals surface area contributed by atoms with Gasteiger partial charge in [-0.05, 0) is 18.8 Å². The van der Waals surface area contributed by atoms with E-state index in [0.29, 0.717) is 11.8 Å². The quantitative estimate of drug-likeness (QED) is 0.812. The number of ether oxygens (including phenoxy) is 1. The van der Waals surface area contributed by atoms with Gasteiger partial charge in [-0.3, -0.25) is 0 Å². The summed E-state index contributed by atoms with van der Waals surface area (Å²) in [5, 5.41) is 0. The van der Waals surface area contributed by atoms with Gasteiger partial charge in [-0.15, -0.1) is 0 Å². The molecule has 1 aromatic heterocycles. The second-order valence-corrected chi connectivity index (χ2v) is 4.99. The zero-order chi connectivity index (χ0) is 13.1. The average molecular weight is 249 g/mol. The van der Waals surface area contributed by atoms with Gasteiger partial charge in [-0.1, -0.05) is 19.8 Å². The summed E-state index contributed by atoms with van der Waals surface area (Å²) in [6.45, 7) is 2.25. The molecule has 0 radical (unpaired) electrons. The van der Waals surface area contributed by atoms with Crippen LogP contribution >= 0.6 is 0 Å². The van der Waals surface area contributed by atoms with Crippen LogP contribution in [0.2, 0.25) is 0 Å². The lowest BCUT2D eigenvalue weighted by Crippen LogP contribution is -2.16. The van der Waals surface area contributed by atoms with Gasteiger partial charge in [0.2, 0.25) is 0 Å². The van der Waals surface area contributed by atoms with Gasteiger partial charge in [0.05, 0.1) is 7.11 Å². The lowest BCUT2D eigenvalue weighted by molar-refractivity contribution is 0.0601. The second kappa shape index (κ2) is 5.33. The Labute approximate surface area is 107 Å². The first-order chi connectivity index (χ1) is 8.61. The topological polar surface area (TPSA) is 78.1 Å². The number of nitrogen functional groups attached to an aromatic ring is 1. The van der Waals surface area contributed by atoms with E-state index in [1.807, 2.05) is 0 Å². The van der Waals surface area contributed by atoms with Crippen molar-refractivity contribution in [2.75, 3.05) is 12.8 Å². The molecule has 1 saturated carbocycles. The lowest BCUT2D eigenvalue weighted by atomic mass is 9.82. The molecule has 0 saturated heterocycles. The van der Waals surface area contributed by atoms with Crippen molar-refractivity contribution < 1.29 is 9.53 Å². The molecule has 0 spiro atoms. The summed E-state index contributed by atoms with van der Waals surface area (Å²) in [4.78, 5) is 19.9. The highest BCUT2D eigenvalue weighted by Gasteiger charge is 2.24. The first-order valence-electron chi connectivity index (χ1n) is 6.32. The van der Waals surface area contributed by atoms with Crippen LogP contribution in [0, 0.1) is 5.92 Å². The molecule has 1 aliphatic carbocycles. The van der Waals surface area contributed by atoms with Crippen LogP contribution in [-0.4, -0.2) is 23.0 Å². The number of anilines is 1. The van der Waals surface area contributed by atoms with Gasteiger partial charge in [0.1, 0.15) is 17.2 Å². The Bertz CT molecular complexity index is 448. The molecule has 2 unspecified atom stereocenters. The molecule has 1 fully saturated rings. The van der Waals surface area contributed by atoms with Crippen molar-refractivity contribution >= 4 is 11.8 Å². The molecule has 1 aromatic rings. The van der Waals surface area contributed by atoms with Crippen molar-refractivity contribution in [1.82, 2.24) is 9.97 Å². The maximum atomic E-state index is 11.4. The molecule has 0 aliphatic heterocycles. The Morgan fingerprint density at radius 1 is 1.50 bits per heavy atom. The molecule has 2 atom stereocenters. The van der Waals surface area contributed by atoms with Crippen LogP contribution in [-0.2, 0) is 4.74 Å². The molecule has 1 heterocycles. The number of rotatable bonds is 2. The van der Waals surface area contributed by atoms with Crippen LogP contribution < -0.4 is 5.73 Å². The minimum Gasteiger partial charge on any atom is -0.465 e. The molecular formula is C13H19N3O2. The van der Waals surface area contributed by atoms with Crippen LogP contribution in [0.4, 0.5) is 5.82 Å². The van der Waals surface area contributed by atoms with E-state index in [4.69, 9.17) is 5.73 Å². The van der Waals surface area contributed by atoms with Gasteiger partial charge >= 0.3 is 5.97 Å². The summed E-state index contributed by atoms with van der Waals surface area (Å²) in [6, 6.07) is 0. The summed E-state index contributed by atoms with van der Waals surface area (Å²) < 4.78 is 4.62. The number of carbonyl (C=O) groups is 1. The van der Waals surface area contributed by atoms with Gasteiger partial charge in [-0.2, -0.15) is 0 Å². The fourth-order valence-corrected chi connectivity index (χ4v) is 2.54. The highest BCUT2D eigenvalue weighted by Crippen LogP contribution is 2.34. The van der Waals surface area contributed by atoms with E-state index in [1.165, 1.54) is 26.1 Å². The molecule has 98 valence electrons. The van der Waals surface area contributed by atoms with Crippen LogP contribution in [0.5, 0.6) is 0 Å². The van der Waals surface area contributed by atoms with Crippen molar-refractivity contribution in [2.24, 2.45) is 5.92 Å². The van der Waals surface area contributed by atoms with E-state index in [1.54, 1.807) is 0 Å². The Morgan fingerprint density at radius 2 is 2.28 bits per heavy atom. The molecule has 5 heteroatoms. The first kappa shape index (κ1) is 12.8. The Balaban J connectivity index is 2.20. The average Bonchev–Trinajstić information content (AvgIpc) is 2.37. The van der Waals surface area contributed by atoms with E-state index >= 15 is 0 Å². The highest BCUT2D eigenvalue weighted by atomic mass is 16.5. The predicted octanol–water partition coefficient (Wildman–Crippen LogP) is 2.14. The van der Waals surface area contributed by atoms with E-state index in [0.717, 1.165) is 18.7 Å². The number of hydrogen-bond acceptors (Lipinski definition) is 5. The summed E-state index contributed by atoms with van der Waals surface area (Å²) in [5.41, 5.74) is 6.03. The third-order valence-corrected chi connectivity index (χ3v) is 3.54. The zero-order valence-electron chi connectivity index (χ0n) is 10.8. The van der Waals surface area contributed by atoms with E-state index < -0.39 is 5.97 Å². The summed E-state index contributed by atoms with van der Waals surface area (Å²) in [7, 11) is 1.32. The smallest absolute Gasteiger partial charge is 0.343 e. The Morgan fingerprint density at radius 3 is 2.89 bits per heavy atom. The molecule has 0 aromatic carbocycles. The van der Waals surface area contributed by atoms with Gasteiger partial charge in [0.15, 0.2) is 0 Å². The SMILES string of the molecule is COC(=O)c1cnc(C2CCCC(C)C2)nc1N. The zero-order valence-corrected chi connectivity index (χ0v) is 10.8. The van der Waals surface area contributed by atoms with Crippen molar-refractivity contribution in [2.45, 2.75) is 38.5 Å². The van der Waals surface area contributed by atoms with E-state index in [-0.39, 0.29) is 11.4 Å². The van der Waals surface area contributed by atoms with Gasteiger partial charge in [0.25, 0.3) is 0 Å². The lowest BCUT2D eigenvalue weighted by Gasteiger charge is -2.25. The number of hydrogen-bond donors (Lipinski definition) is 1. The van der Waals surface area contributed by atoms with Gasteiger partial charge in [0, 0.05) is 12.1 Å². The summed E-state index contributed by atoms with van der Waals surface area (Å²) >= 11 is 0. The molecule has 0 bridgehead atoms. The van der Waals surface area contributed by atoms with Crippen molar-refractivity contribution in [3.05, 3.63) is 17.6 Å². The summed E-state index contributed by atoms with van der Waals surface area (Å²) in [6.07, 6.45) is 6.14. The minimum atomic E-state index is -0.490. The van der Waals surface area contributed by atoms with Crippen molar-refractivity contribution in [1.29, 1.82) is 0 Å². The number of carbonyl (C=O) groups excluding carboxylic acids is 1. The van der Waals surface area contributed by atoms with Crippen LogP contribution in [0.15, 0.2) is 6.20 Å². The van der Waals surface area contributed by atoms with Crippen LogP contribution in [0.25, 0.3) is 0 Å². The normalized spacial score (nSPS) is 23.7. The number of aromatic nitrogens is 2. The van der Waals surface area contributed by atoms with Crippen LogP contribution in [0.1, 0.15) is 54.7 Å².